The van der Waals surface area contributed by atoms with Crippen molar-refractivity contribution >= 4 is 29.1 Å². The Kier molecular flexibility index (Phi) is 5.22. The van der Waals surface area contributed by atoms with Crippen LogP contribution in [0.3, 0.4) is 0 Å². The fourth-order valence-electron chi connectivity index (χ4n) is 1.86. The molecule has 2 aromatic heterocycles. The molecule has 0 saturated carbocycles. The Morgan fingerprint density at radius 3 is 2.81 bits per heavy atom. The first kappa shape index (κ1) is 15.8. The van der Waals surface area contributed by atoms with Crippen molar-refractivity contribution in [2.45, 2.75) is 6.04 Å². The van der Waals surface area contributed by atoms with Gasteiger partial charge in [0.15, 0.2) is 0 Å². The third-order valence-corrected chi connectivity index (χ3v) is 3.70. The average Bonchev–Trinajstić information content (AvgIpc) is 2.95. The van der Waals surface area contributed by atoms with Crippen molar-refractivity contribution in [3.8, 4) is 0 Å². The molecule has 1 unspecified atom stereocenters. The largest absolute Gasteiger partial charge is 0.468 e. The highest BCUT2D eigenvalue weighted by Crippen LogP contribution is 2.20. The monoisotopic (exact) mass is 327 g/mol. The molecule has 1 atom stereocenters. The minimum absolute atomic E-state index is 0.0559. The summed E-state index contributed by atoms with van der Waals surface area (Å²) < 4.78 is 5.39. The quantitative estimate of drug-likeness (QED) is 0.857. The number of halogens is 2. The van der Waals surface area contributed by atoms with E-state index in [-0.39, 0.29) is 22.1 Å². The average molecular weight is 328 g/mol. The highest BCUT2D eigenvalue weighted by atomic mass is 35.5. The highest BCUT2D eigenvalue weighted by molar-refractivity contribution is 6.41. The second-order valence-corrected chi connectivity index (χ2v) is 5.47. The Bertz CT molecular complexity index is 615. The molecule has 2 rings (SSSR count). The summed E-state index contributed by atoms with van der Waals surface area (Å²) in [7, 11) is 3.83. The van der Waals surface area contributed by atoms with Gasteiger partial charge in [-0.25, -0.2) is 4.98 Å². The van der Waals surface area contributed by atoms with Crippen molar-refractivity contribution in [1.29, 1.82) is 0 Å². The van der Waals surface area contributed by atoms with Gasteiger partial charge in [0, 0.05) is 12.7 Å². The van der Waals surface area contributed by atoms with E-state index >= 15 is 0 Å². The maximum atomic E-state index is 12.1. The van der Waals surface area contributed by atoms with E-state index in [2.05, 4.69) is 10.3 Å². The van der Waals surface area contributed by atoms with Gasteiger partial charge in [0.1, 0.15) is 10.9 Å². The second kappa shape index (κ2) is 6.93. The second-order valence-electron chi connectivity index (χ2n) is 4.70. The lowest BCUT2D eigenvalue weighted by Crippen LogP contribution is -2.34. The van der Waals surface area contributed by atoms with Gasteiger partial charge in [-0.15, -0.1) is 0 Å². The fourth-order valence-corrected chi connectivity index (χ4v) is 2.13. The molecule has 0 spiro atoms. The zero-order valence-corrected chi connectivity index (χ0v) is 13.1. The number of amides is 1. The number of carbonyl (C=O) groups is 1. The third kappa shape index (κ3) is 3.97. The number of hydrogen-bond donors (Lipinski definition) is 1. The number of pyridine rings is 1. The molecule has 0 aliphatic rings. The molecular formula is C14H15Cl2N3O2. The normalized spacial score (nSPS) is 12.4. The number of rotatable bonds is 5. The van der Waals surface area contributed by atoms with Crippen LogP contribution in [-0.2, 0) is 0 Å². The van der Waals surface area contributed by atoms with Crippen molar-refractivity contribution in [1.82, 2.24) is 15.2 Å². The summed E-state index contributed by atoms with van der Waals surface area (Å²) in [5.41, 5.74) is 0.362. The molecule has 2 aromatic rings. The van der Waals surface area contributed by atoms with Crippen molar-refractivity contribution in [3.05, 3.63) is 52.2 Å². The summed E-state index contributed by atoms with van der Waals surface area (Å²) in [6, 6.07) is 5.12. The summed E-state index contributed by atoms with van der Waals surface area (Å²) >= 11 is 11.6. The Labute approximate surface area is 132 Å². The molecular weight excluding hydrogens is 313 g/mol. The maximum Gasteiger partial charge on any atom is 0.252 e. The molecule has 0 aliphatic heterocycles. The van der Waals surface area contributed by atoms with Gasteiger partial charge in [0.05, 0.1) is 22.9 Å². The van der Waals surface area contributed by atoms with Crippen molar-refractivity contribution in [3.63, 3.8) is 0 Å². The van der Waals surface area contributed by atoms with Crippen LogP contribution in [0.15, 0.2) is 35.1 Å². The first-order chi connectivity index (χ1) is 9.99. The minimum atomic E-state index is -0.264. The van der Waals surface area contributed by atoms with Crippen LogP contribution >= 0.6 is 23.2 Å². The van der Waals surface area contributed by atoms with Crippen LogP contribution in [0.5, 0.6) is 0 Å². The van der Waals surface area contributed by atoms with Crippen LogP contribution in [0.25, 0.3) is 0 Å². The Morgan fingerprint density at radius 1 is 1.48 bits per heavy atom. The van der Waals surface area contributed by atoms with Gasteiger partial charge in [0.2, 0.25) is 0 Å². The molecule has 0 saturated heterocycles. The summed E-state index contributed by atoms with van der Waals surface area (Å²) in [6.07, 6.45) is 3.00. The van der Waals surface area contributed by atoms with Gasteiger partial charge >= 0.3 is 0 Å². The Morgan fingerprint density at radius 2 is 2.24 bits per heavy atom. The van der Waals surface area contributed by atoms with E-state index in [4.69, 9.17) is 27.6 Å². The van der Waals surface area contributed by atoms with Crippen LogP contribution in [0, 0.1) is 0 Å². The van der Waals surface area contributed by atoms with Gasteiger partial charge in [-0.05, 0) is 32.3 Å². The zero-order chi connectivity index (χ0) is 15.4. The van der Waals surface area contributed by atoms with Gasteiger partial charge in [-0.2, -0.15) is 0 Å². The Balaban J connectivity index is 2.03. The fraction of sp³-hybridized carbons (Fsp3) is 0.286. The van der Waals surface area contributed by atoms with Crippen molar-refractivity contribution in [2.24, 2.45) is 0 Å². The number of carbonyl (C=O) groups excluding carboxylic acids is 1. The molecule has 7 heteroatoms. The van der Waals surface area contributed by atoms with Crippen molar-refractivity contribution < 1.29 is 9.21 Å². The number of hydrogen-bond acceptors (Lipinski definition) is 4. The van der Waals surface area contributed by atoms with E-state index in [1.165, 1.54) is 12.3 Å². The van der Waals surface area contributed by atoms with E-state index in [0.717, 1.165) is 5.76 Å². The highest BCUT2D eigenvalue weighted by Gasteiger charge is 2.18. The SMILES string of the molecule is CN(C)C(CNC(=O)c1cnc(Cl)c(Cl)c1)c1ccco1. The first-order valence-corrected chi connectivity index (χ1v) is 7.03. The predicted octanol–water partition coefficient (Wildman–Crippen LogP) is 3.01. The Hall–Kier alpha value is -1.56. The van der Waals surface area contributed by atoms with Crippen LogP contribution in [-0.4, -0.2) is 36.4 Å². The summed E-state index contributed by atoms with van der Waals surface area (Å²) in [5, 5.41) is 3.26. The molecule has 1 amide bonds. The van der Waals surface area contributed by atoms with E-state index in [1.54, 1.807) is 6.26 Å². The number of nitrogens with zero attached hydrogens (tertiary/aromatic N) is 2. The summed E-state index contributed by atoms with van der Waals surface area (Å²) in [5.74, 6) is 0.520. The number of likely N-dealkylation sites (N-methyl/N-ethyl adjacent to an activating group) is 1. The van der Waals surface area contributed by atoms with Crippen LogP contribution in [0.4, 0.5) is 0 Å². The van der Waals surface area contributed by atoms with Crippen LogP contribution in [0.1, 0.15) is 22.2 Å². The third-order valence-electron chi connectivity index (χ3n) is 3.01. The molecule has 0 aliphatic carbocycles. The standard InChI is InChI=1S/C14H15Cl2N3O2/c1-19(2)11(12-4-3-5-21-12)8-18-14(20)9-6-10(15)13(16)17-7-9/h3-7,11H,8H2,1-2H3,(H,18,20). The smallest absolute Gasteiger partial charge is 0.252 e. The van der Waals surface area contributed by atoms with E-state index < -0.39 is 0 Å². The minimum Gasteiger partial charge on any atom is -0.468 e. The molecule has 0 radical (unpaired) electrons. The van der Waals surface area contributed by atoms with Gasteiger partial charge in [-0.1, -0.05) is 23.2 Å². The number of aromatic nitrogens is 1. The molecule has 2 heterocycles. The van der Waals surface area contributed by atoms with Gasteiger partial charge in [-0.3, -0.25) is 9.69 Å². The molecule has 5 nitrogen and oxygen atoms in total. The van der Waals surface area contributed by atoms with Gasteiger partial charge < -0.3 is 9.73 Å². The lowest BCUT2D eigenvalue weighted by molar-refractivity contribution is 0.0938. The summed E-state index contributed by atoms with van der Waals surface area (Å²) in [6.45, 7) is 0.402. The van der Waals surface area contributed by atoms with Gasteiger partial charge in [0.25, 0.3) is 5.91 Å². The maximum absolute atomic E-state index is 12.1. The lowest BCUT2D eigenvalue weighted by atomic mass is 10.2. The molecule has 21 heavy (non-hydrogen) atoms. The topological polar surface area (TPSA) is 58.4 Å². The summed E-state index contributed by atoms with van der Waals surface area (Å²) in [4.78, 5) is 17.9. The number of furan rings is 1. The van der Waals surface area contributed by atoms with Crippen LogP contribution in [0.2, 0.25) is 10.2 Å². The molecule has 0 aromatic carbocycles. The van der Waals surface area contributed by atoms with E-state index in [9.17, 15) is 4.79 Å². The predicted molar refractivity (Wildman–Crippen MR) is 81.7 cm³/mol. The van der Waals surface area contributed by atoms with Crippen molar-refractivity contribution in [2.75, 3.05) is 20.6 Å². The number of nitrogens with one attached hydrogen (secondary N) is 1. The molecule has 0 bridgehead atoms. The lowest BCUT2D eigenvalue weighted by Gasteiger charge is -2.22. The molecule has 112 valence electrons. The van der Waals surface area contributed by atoms with E-state index in [1.807, 2.05) is 31.1 Å². The first-order valence-electron chi connectivity index (χ1n) is 6.28. The van der Waals surface area contributed by atoms with Crippen LogP contribution < -0.4 is 5.32 Å². The zero-order valence-electron chi connectivity index (χ0n) is 11.6. The van der Waals surface area contributed by atoms with E-state index in [0.29, 0.717) is 12.1 Å². The molecule has 0 fully saturated rings. The molecule has 1 N–H and O–H groups in total.